The molecule has 0 atom stereocenters. The Morgan fingerprint density at radius 3 is 2.25 bits per heavy atom. The molecular weight excluding hydrogens is 96.1 g/mol. The van der Waals surface area contributed by atoms with Gasteiger partial charge in [-0.05, 0) is 23.5 Å². The second-order valence-electron chi connectivity index (χ2n) is 2.72. The van der Waals surface area contributed by atoms with Gasteiger partial charge < -0.3 is 0 Å². The Kier molecular flexibility index (Phi) is 1.24. The molecule has 1 aliphatic rings. The molecule has 0 N–H and O–H groups in total. The zero-order valence-corrected chi connectivity index (χ0v) is 5.57. The van der Waals surface area contributed by atoms with Gasteiger partial charge in [0.2, 0.25) is 0 Å². The lowest BCUT2D eigenvalue weighted by atomic mass is 10.2. The van der Waals surface area contributed by atoms with Gasteiger partial charge in [0.15, 0.2) is 0 Å². The van der Waals surface area contributed by atoms with Gasteiger partial charge in [-0.15, -0.1) is 0 Å². The molecule has 0 heterocycles. The van der Waals surface area contributed by atoms with Crippen molar-refractivity contribution in [3.8, 4) is 0 Å². The van der Waals surface area contributed by atoms with Crippen molar-refractivity contribution in [2.75, 3.05) is 0 Å². The summed E-state index contributed by atoms with van der Waals surface area (Å²) in [6.07, 6.45) is 3.44. The summed E-state index contributed by atoms with van der Waals surface area (Å²) in [6.45, 7) is 8.22. The number of allylic oxidation sites excluding steroid dienone is 3. The summed E-state index contributed by atoms with van der Waals surface area (Å²) in [4.78, 5) is 0. The summed E-state index contributed by atoms with van der Waals surface area (Å²) >= 11 is 0. The third kappa shape index (κ3) is 1.22. The molecule has 0 aromatic carbocycles. The fourth-order valence-corrected chi connectivity index (χ4v) is 0.765. The first kappa shape index (κ1) is 5.61. The van der Waals surface area contributed by atoms with Gasteiger partial charge in [-0.25, -0.2) is 0 Å². The van der Waals surface area contributed by atoms with Crippen molar-refractivity contribution in [1.29, 1.82) is 0 Å². The molecule has 0 unspecified atom stereocenters. The molecule has 0 spiro atoms. The Labute approximate surface area is 50.9 Å². The molecule has 0 radical (unpaired) electrons. The highest BCUT2D eigenvalue weighted by Gasteiger charge is 2.16. The molecule has 0 aromatic rings. The number of hydrogen-bond acceptors (Lipinski definition) is 0. The fourth-order valence-electron chi connectivity index (χ4n) is 0.765. The van der Waals surface area contributed by atoms with Crippen molar-refractivity contribution in [1.82, 2.24) is 0 Å². The van der Waals surface area contributed by atoms with Crippen LogP contribution < -0.4 is 0 Å². The van der Waals surface area contributed by atoms with Crippen molar-refractivity contribution in [3.63, 3.8) is 0 Å². The summed E-state index contributed by atoms with van der Waals surface area (Å²) in [5.41, 5.74) is 2.80. The molecule has 0 amide bonds. The molecule has 0 aliphatic heterocycles. The highest BCUT2D eigenvalue weighted by molar-refractivity contribution is 5.48. The van der Waals surface area contributed by atoms with E-state index in [1.807, 2.05) is 0 Å². The van der Waals surface area contributed by atoms with Crippen LogP contribution in [-0.2, 0) is 0 Å². The molecule has 44 valence electrons. The topological polar surface area (TPSA) is 0 Å². The molecule has 1 saturated carbocycles. The molecule has 1 rings (SSSR count). The minimum absolute atomic E-state index is 0.698. The second-order valence-corrected chi connectivity index (χ2v) is 2.72. The molecule has 0 saturated heterocycles. The summed E-state index contributed by atoms with van der Waals surface area (Å²) in [5, 5.41) is 0. The molecule has 1 fully saturated rings. The third-order valence-electron chi connectivity index (χ3n) is 1.27. The molecular formula is C8H12. The normalized spacial score (nSPS) is 22.9. The van der Waals surface area contributed by atoms with Crippen LogP contribution in [0.4, 0.5) is 0 Å². The quantitative estimate of drug-likeness (QED) is 0.484. The lowest BCUT2D eigenvalue weighted by Crippen LogP contribution is -1.74. The number of rotatable bonds is 1. The van der Waals surface area contributed by atoms with E-state index in [1.54, 1.807) is 0 Å². The first-order valence-electron chi connectivity index (χ1n) is 3.09. The zero-order valence-electron chi connectivity index (χ0n) is 5.57. The Bertz CT molecular complexity index is 138. The summed E-state index contributed by atoms with van der Waals surface area (Å²) < 4.78 is 0. The van der Waals surface area contributed by atoms with Crippen LogP contribution in [0.15, 0.2) is 23.8 Å². The minimum Gasteiger partial charge on any atom is -0.0952 e. The molecule has 0 aromatic heterocycles. The third-order valence-corrected chi connectivity index (χ3v) is 1.27. The Morgan fingerprint density at radius 2 is 2.12 bits per heavy atom. The molecule has 8 heavy (non-hydrogen) atoms. The van der Waals surface area contributed by atoms with Crippen molar-refractivity contribution < 1.29 is 0 Å². The predicted molar refractivity (Wildman–Crippen MR) is 36.7 cm³/mol. The van der Waals surface area contributed by atoms with Crippen LogP contribution in [0.25, 0.3) is 0 Å². The van der Waals surface area contributed by atoms with Gasteiger partial charge in [0.1, 0.15) is 0 Å². The van der Waals surface area contributed by atoms with E-state index in [4.69, 9.17) is 0 Å². The molecule has 0 bridgehead atoms. The van der Waals surface area contributed by atoms with Gasteiger partial charge in [0.05, 0.1) is 0 Å². The summed E-state index contributed by atoms with van der Waals surface area (Å²) in [6, 6.07) is 0. The Hall–Kier alpha value is -0.520. The molecule has 0 heteroatoms. The lowest BCUT2D eigenvalue weighted by Gasteiger charge is -1.88. The fraction of sp³-hybridized carbons (Fsp3) is 0.500. The van der Waals surface area contributed by atoms with E-state index in [1.165, 1.54) is 11.1 Å². The van der Waals surface area contributed by atoms with Crippen LogP contribution in [0.3, 0.4) is 0 Å². The maximum Gasteiger partial charge on any atom is -0.00293 e. The van der Waals surface area contributed by atoms with E-state index < -0.39 is 0 Å². The highest BCUT2D eigenvalue weighted by atomic mass is 14.2. The van der Waals surface area contributed by atoms with Crippen LogP contribution >= 0.6 is 0 Å². The minimum atomic E-state index is 0.698. The maximum absolute atomic E-state index is 3.83. The van der Waals surface area contributed by atoms with Gasteiger partial charge in [0.25, 0.3) is 0 Å². The highest BCUT2D eigenvalue weighted by Crippen LogP contribution is 2.35. The SMILES string of the molecule is C=C1CC1=CC(C)C. The van der Waals surface area contributed by atoms with Crippen molar-refractivity contribution >= 4 is 0 Å². The first-order valence-corrected chi connectivity index (χ1v) is 3.09. The number of hydrogen-bond donors (Lipinski definition) is 0. The average Bonchev–Trinajstić information content (AvgIpc) is 2.17. The average molecular weight is 108 g/mol. The van der Waals surface area contributed by atoms with E-state index in [-0.39, 0.29) is 0 Å². The van der Waals surface area contributed by atoms with Crippen LogP contribution in [0.2, 0.25) is 0 Å². The van der Waals surface area contributed by atoms with E-state index in [0.717, 1.165) is 6.42 Å². The van der Waals surface area contributed by atoms with Crippen LogP contribution in [0.1, 0.15) is 20.3 Å². The van der Waals surface area contributed by atoms with Crippen molar-refractivity contribution in [2.45, 2.75) is 20.3 Å². The first-order chi connectivity index (χ1) is 3.70. The summed E-state index contributed by atoms with van der Waals surface area (Å²) in [7, 11) is 0. The van der Waals surface area contributed by atoms with E-state index in [0.29, 0.717) is 5.92 Å². The van der Waals surface area contributed by atoms with Gasteiger partial charge in [-0.3, -0.25) is 0 Å². The molecule has 0 nitrogen and oxygen atoms in total. The largest absolute Gasteiger partial charge is 0.0952 e. The maximum atomic E-state index is 3.83. The smallest absolute Gasteiger partial charge is 0.00293 e. The standard InChI is InChI=1S/C8H12/c1-6(2)4-8-5-7(8)3/h4,6H,3,5H2,1-2H3. The van der Waals surface area contributed by atoms with Crippen LogP contribution in [-0.4, -0.2) is 0 Å². The lowest BCUT2D eigenvalue weighted by molar-refractivity contribution is 0.829. The second kappa shape index (κ2) is 1.77. The van der Waals surface area contributed by atoms with Crippen LogP contribution in [0.5, 0.6) is 0 Å². The molecule has 1 aliphatic carbocycles. The van der Waals surface area contributed by atoms with Gasteiger partial charge >= 0.3 is 0 Å². The zero-order chi connectivity index (χ0) is 6.15. The van der Waals surface area contributed by atoms with Crippen molar-refractivity contribution in [2.24, 2.45) is 5.92 Å². The van der Waals surface area contributed by atoms with E-state index in [2.05, 4.69) is 26.5 Å². The van der Waals surface area contributed by atoms with Crippen molar-refractivity contribution in [3.05, 3.63) is 23.8 Å². The summed E-state index contributed by atoms with van der Waals surface area (Å²) in [5.74, 6) is 0.698. The van der Waals surface area contributed by atoms with E-state index >= 15 is 0 Å². The van der Waals surface area contributed by atoms with Gasteiger partial charge in [-0.2, -0.15) is 0 Å². The van der Waals surface area contributed by atoms with E-state index in [9.17, 15) is 0 Å². The Balaban J connectivity index is 2.47. The Morgan fingerprint density at radius 1 is 1.62 bits per heavy atom. The van der Waals surface area contributed by atoms with Gasteiger partial charge in [-0.1, -0.05) is 26.5 Å². The van der Waals surface area contributed by atoms with Gasteiger partial charge in [0, 0.05) is 0 Å². The predicted octanol–water partition coefficient (Wildman–Crippen LogP) is 2.53. The monoisotopic (exact) mass is 108 g/mol. The van der Waals surface area contributed by atoms with Crippen LogP contribution in [0, 0.1) is 5.92 Å².